The quantitative estimate of drug-likeness (QED) is 0.895. The molecule has 6 nitrogen and oxygen atoms in total. The molecular weight excluding hydrogens is 316 g/mol. The normalized spacial score (nSPS) is 19.3. The fourth-order valence-corrected chi connectivity index (χ4v) is 4.23. The van der Waals surface area contributed by atoms with Crippen LogP contribution in [0, 0.1) is 13.8 Å². The molecular formula is C19H26N4O2. The van der Waals surface area contributed by atoms with Crippen LogP contribution in [0.4, 0.5) is 0 Å². The molecule has 1 saturated carbocycles. The van der Waals surface area contributed by atoms with Gasteiger partial charge in [0.05, 0.1) is 11.2 Å². The zero-order valence-corrected chi connectivity index (χ0v) is 15.2. The van der Waals surface area contributed by atoms with Crippen molar-refractivity contribution in [2.75, 3.05) is 6.54 Å². The van der Waals surface area contributed by atoms with E-state index in [0.29, 0.717) is 0 Å². The molecule has 1 unspecified atom stereocenters. The van der Waals surface area contributed by atoms with E-state index in [9.17, 15) is 4.79 Å². The lowest BCUT2D eigenvalue weighted by molar-refractivity contribution is 0.0922. The second-order valence-corrected chi connectivity index (χ2v) is 7.50. The monoisotopic (exact) mass is 342 g/mol. The number of hydrogen-bond donors (Lipinski definition) is 2. The Kier molecular flexibility index (Phi) is 3.95. The van der Waals surface area contributed by atoms with E-state index in [4.69, 9.17) is 4.52 Å². The van der Waals surface area contributed by atoms with E-state index in [1.807, 2.05) is 26.8 Å². The minimum absolute atomic E-state index is 0.00174. The number of amides is 1. The van der Waals surface area contributed by atoms with Crippen molar-refractivity contribution in [3.8, 4) is 0 Å². The summed E-state index contributed by atoms with van der Waals surface area (Å²) in [4.78, 5) is 12.8. The summed E-state index contributed by atoms with van der Waals surface area (Å²) in [6, 6.07) is 4.12. The first kappa shape index (κ1) is 16.4. The minimum Gasteiger partial charge on any atom is -0.361 e. The van der Waals surface area contributed by atoms with Crippen LogP contribution in [0.25, 0.3) is 0 Å². The van der Waals surface area contributed by atoms with Crippen molar-refractivity contribution in [3.63, 3.8) is 0 Å². The van der Waals surface area contributed by atoms with Crippen LogP contribution in [0.3, 0.4) is 0 Å². The highest BCUT2D eigenvalue weighted by Crippen LogP contribution is 2.43. The molecule has 2 aliphatic rings. The van der Waals surface area contributed by atoms with Gasteiger partial charge in [0.25, 0.3) is 5.91 Å². The van der Waals surface area contributed by atoms with E-state index < -0.39 is 0 Å². The Hall–Kier alpha value is -2.08. The molecule has 2 aromatic heterocycles. The highest BCUT2D eigenvalue weighted by molar-refractivity contribution is 5.93. The zero-order valence-electron chi connectivity index (χ0n) is 15.2. The van der Waals surface area contributed by atoms with Gasteiger partial charge in [-0.15, -0.1) is 0 Å². The van der Waals surface area contributed by atoms with Crippen LogP contribution >= 0.6 is 0 Å². The van der Waals surface area contributed by atoms with Crippen LogP contribution in [-0.2, 0) is 18.5 Å². The van der Waals surface area contributed by atoms with E-state index in [2.05, 4.69) is 26.4 Å². The SMILES string of the molecule is Cc1noc(C)c1CC(C)NC(=O)c1ccc2n1CCNC21CCC1. The Morgan fingerprint density at radius 2 is 2.24 bits per heavy atom. The Morgan fingerprint density at radius 1 is 1.44 bits per heavy atom. The highest BCUT2D eigenvalue weighted by atomic mass is 16.5. The van der Waals surface area contributed by atoms with Crippen LogP contribution in [0.5, 0.6) is 0 Å². The van der Waals surface area contributed by atoms with Gasteiger partial charge in [-0.3, -0.25) is 4.79 Å². The molecule has 0 radical (unpaired) electrons. The third-order valence-corrected chi connectivity index (χ3v) is 5.78. The topological polar surface area (TPSA) is 72.1 Å². The van der Waals surface area contributed by atoms with Crippen molar-refractivity contribution < 1.29 is 9.32 Å². The Morgan fingerprint density at radius 3 is 2.88 bits per heavy atom. The fraction of sp³-hybridized carbons (Fsp3) is 0.579. The maximum Gasteiger partial charge on any atom is 0.268 e. The summed E-state index contributed by atoms with van der Waals surface area (Å²) < 4.78 is 7.42. The smallest absolute Gasteiger partial charge is 0.268 e. The second-order valence-electron chi connectivity index (χ2n) is 7.50. The summed E-state index contributed by atoms with van der Waals surface area (Å²) in [5.74, 6) is 0.832. The molecule has 2 N–H and O–H groups in total. The molecule has 25 heavy (non-hydrogen) atoms. The van der Waals surface area contributed by atoms with Crippen LogP contribution in [0.2, 0.25) is 0 Å². The molecule has 6 heteroatoms. The molecule has 1 aliphatic heterocycles. The average molecular weight is 342 g/mol. The number of rotatable bonds is 4. The van der Waals surface area contributed by atoms with E-state index in [1.54, 1.807) is 0 Å². The molecule has 134 valence electrons. The maximum absolute atomic E-state index is 12.8. The average Bonchev–Trinajstić information content (AvgIpc) is 3.11. The van der Waals surface area contributed by atoms with Gasteiger partial charge in [-0.2, -0.15) is 0 Å². The van der Waals surface area contributed by atoms with Crippen LogP contribution in [0.15, 0.2) is 16.7 Å². The third kappa shape index (κ3) is 2.68. The standard InChI is InChI=1S/C19H26N4O2/c1-12(11-15-13(2)22-25-14(15)3)21-18(24)16-5-6-17-19(7-4-8-19)20-9-10-23(16)17/h5-6,12,20H,4,7-11H2,1-3H3,(H,21,24). The molecule has 1 atom stereocenters. The molecule has 1 spiro atoms. The first-order valence-corrected chi connectivity index (χ1v) is 9.18. The number of hydrogen-bond acceptors (Lipinski definition) is 4. The molecule has 1 fully saturated rings. The number of carbonyl (C=O) groups excluding carboxylic acids is 1. The molecule has 0 bridgehead atoms. The van der Waals surface area contributed by atoms with Gasteiger partial charge in [-0.05, 0) is 58.6 Å². The first-order valence-electron chi connectivity index (χ1n) is 9.18. The Bertz CT molecular complexity index is 781. The van der Waals surface area contributed by atoms with E-state index in [0.717, 1.165) is 42.2 Å². The van der Waals surface area contributed by atoms with Crippen molar-refractivity contribution in [1.29, 1.82) is 0 Å². The molecule has 4 rings (SSSR count). The van der Waals surface area contributed by atoms with Crippen LogP contribution < -0.4 is 10.6 Å². The molecule has 1 amide bonds. The third-order valence-electron chi connectivity index (χ3n) is 5.78. The van der Waals surface area contributed by atoms with Crippen molar-refractivity contribution >= 4 is 5.91 Å². The largest absolute Gasteiger partial charge is 0.361 e. The lowest BCUT2D eigenvalue weighted by Crippen LogP contribution is -2.54. The van der Waals surface area contributed by atoms with Crippen LogP contribution in [-0.4, -0.2) is 28.2 Å². The zero-order chi connectivity index (χ0) is 17.6. The number of nitrogens with one attached hydrogen (secondary N) is 2. The molecule has 0 saturated heterocycles. The Labute approximate surface area is 148 Å². The van der Waals surface area contributed by atoms with Gasteiger partial charge in [-0.1, -0.05) is 5.16 Å². The summed E-state index contributed by atoms with van der Waals surface area (Å²) in [6.45, 7) is 7.66. The number of aromatic nitrogens is 2. The Balaban J connectivity index is 1.49. The molecule has 2 aromatic rings. The van der Waals surface area contributed by atoms with Gasteiger partial charge in [0.1, 0.15) is 11.5 Å². The summed E-state index contributed by atoms with van der Waals surface area (Å²) in [5.41, 5.74) is 4.14. The van der Waals surface area contributed by atoms with Gasteiger partial charge in [0, 0.05) is 30.4 Å². The first-order chi connectivity index (χ1) is 12.0. The van der Waals surface area contributed by atoms with Gasteiger partial charge in [0.15, 0.2) is 0 Å². The number of carbonyl (C=O) groups is 1. The van der Waals surface area contributed by atoms with Crippen molar-refractivity contribution in [2.45, 2.75) is 64.6 Å². The minimum atomic E-state index is 0.00174. The van der Waals surface area contributed by atoms with E-state index in [1.165, 1.54) is 25.0 Å². The van der Waals surface area contributed by atoms with Gasteiger partial charge in [-0.25, -0.2) is 0 Å². The summed E-state index contributed by atoms with van der Waals surface area (Å²) >= 11 is 0. The van der Waals surface area contributed by atoms with E-state index in [-0.39, 0.29) is 17.5 Å². The fourth-order valence-electron chi connectivity index (χ4n) is 4.23. The van der Waals surface area contributed by atoms with Crippen molar-refractivity contribution in [1.82, 2.24) is 20.4 Å². The predicted molar refractivity (Wildman–Crippen MR) is 94.6 cm³/mol. The van der Waals surface area contributed by atoms with Gasteiger partial charge >= 0.3 is 0 Å². The summed E-state index contributed by atoms with van der Waals surface area (Å²) in [7, 11) is 0. The van der Waals surface area contributed by atoms with E-state index >= 15 is 0 Å². The van der Waals surface area contributed by atoms with Gasteiger partial charge < -0.3 is 19.7 Å². The summed E-state index contributed by atoms with van der Waals surface area (Å²) in [5, 5.41) is 10.8. The lowest BCUT2D eigenvalue weighted by atomic mass is 9.73. The molecule has 0 aromatic carbocycles. The number of fused-ring (bicyclic) bond motifs is 2. The van der Waals surface area contributed by atoms with Crippen molar-refractivity contribution in [3.05, 3.63) is 40.5 Å². The molecule has 1 aliphatic carbocycles. The maximum atomic E-state index is 12.8. The number of aryl methyl sites for hydroxylation is 2. The lowest BCUT2D eigenvalue weighted by Gasteiger charge is -2.46. The second kappa shape index (κ2) is 6.02. The highest BCUT2D eigenvalue weighted by Gasteiger charge is 2.43. The molecule has 3 heterocycles. The van der Waals surface area contributed by atoms with Crippen molar-refractivity contribution in [2.24, 2.45) is 0 Å². The van der Waals surface area contributed by atoms with Gasteiger partial charge in [0.2, 0.25) is 0 Å². The number of nitrogens with zero attached hydrogens (tertiary/aromatic N) is 2. The predicted octanol–water partition coefficient (Wildman–Crippen LogP) is 2.44. The summed E-state index contributed by atoms with van der Waals surface area (Å²) in [6.07, 6.45) is 4.32. The van der Waals surface area contributed by atoms with Crippen LogP contribution in [0.1, 0.15) is 59.4 Å².